The van der Waals surface area contributed by atoms with E-state index in [0.29, 0.717) is 17.8 Å². The predicted molar refractivity (Wildman–Crippen MR) is 74.8 cm³/mol. The van der Waals surface area contributed by atoms with Crippen LogP contribution in [-0.2, 0) is 4.79 Å². The maximum absolute atomic E-state index is 12.4. The zero-order valence-corrected chi connectivity index (χ0v) is 12.9. The molecule has 0 heterocycles. The molecule has 0 aliphatic heterocycles. The first kappa shape index (κ1) is 16.5. The first-order valence-corrected chi connectivity index (χ1v) is 6.93. The van der Waals surface area contributed by atoms with Gasteiger partial charge in [-0.05, 0) is 31.1 Å². The van der Waals surface area contributed by atoms with E-state index in [9.17, 15) is 4.79 Å². The summed E-state index contributed by atoms with van der Waals surface area (Å²) in [6.45, 7) is 17.1. The van der Waals surface area contributed by atoms with E-state index in [2.05, 4.69) is 60.7 Å². The molecule has 1 amide bonds. The normalized spacial score (nSPS) is 14.5. The third kappa shape index (κ3) is 4.33. The Balaban J connectivity index is 4.66. The Bertz CT molecular complexity index is 235. The van der Waals surface area contributed by atoms with Gasteiger partial charge in [0.2, 0.25) is 5.91 Å². The molecule has 102 valence electrons. The van der Waals surface area contributed by atoms with E-state index >= 15 is 0 Å². The molecule has 0 saturated heterocycles. The van der Waals surface area contributed by atoms with Gasteiger partial charge >= 0.3 is 0 Å². The van der Waals surface area contributed by atoms with Crippen molar-refractivity contribution in [3.63, 3.8) is 0 Å². The highest BCUT2D eigenvalue weighted by atomic mass is 16.2. The molecule has 0 radical (unpaired) electrons. The molecular formula is C15H31NO. The van der Waals surface area contributed by atoms with Gasteiger partial charge in [-0.2, -0.15) is 0 Å². The number of hydrogen-bond acceptors (Lipinski definition) is 1. The van der Waals surface area contributed by atoms with Gasteiger partial charge in [0.25, 0.3) is 0 Å². The van der Waals surface area contributed by atoms with Crippen molar-refractivity contribution in [2.24, 2.45) is 23.2 Å². The lowest BCUT2D eigenvalue weighted by molar-refractivity contribution is -0.136. The summed E-state index contributed by atoms with van der Waals surface area (Å²) in [7, 11) is 0. The molecular weight excluding hydrogens is 210 g/mol. The van der Waals surface area contributed by atoms with Crippen molar-refractivity contribution in [3.05, 3.63) is 0 Å². The van der Waals surface area contributed by atoms with Crippen molar-refractivity contribution in [2.45, 2.75) is 67.9 Å². The molecule has 0 aromatic carbocycles. The minimum atomic E-state index is -0.273. The first-order valence-electron chi connectivity index (χ1n) is 6.93. The molecule has 0 aliphatic rings. The topological polar surface area (TPSA) is 29.1 Å². The number of carbonyl (C=O) groups excluding carboxylic acids is 1. The fourth-order valence-electron chi connectivity index (χ4n) is 2.34. The van der Waals surface area contributed by atoms with Gasteiger partial charge in [-0.3, -0.25) is 4.79 Å². The molecule has 2 heteroatoms. The van der Waals surface area contributed by atoms with Crippen LogP contribution in [0.25, 0.3) is 0 Å². The van der Waals surface area contributed by atoms with E-state index in [-0.39, 0.29) is 17.4 Å². The van der Waals surface area contributed by atoms with Crippen molar-refractivity contribution in [1.82, 2.24) is 5.32 Å². The molecule has 0 fully saturated rings. The first-order chi connectivity index (χ1) is 7.62. The van der Waals surface area contributed by atoms with Gasteiger partial charge in [0.05, 0.1) is 5.41 Å². The van der Waals surface area contributed by atoms with Gasteiger partial charge in [0.1, 0.15) is 0 Å². The summed E-state index contributed by atoms with van der Waals surface area (Å²) in [4.78, 5) is 12.4. The molecule has 0 spiro atoms. The number of carbonyl (C=O) groups is 1. The Hall–Kier alpha value is -0.530. The van der Waals surface area contributed by atoms with Crippen LogP contribution in [0.1, 0.15) is 61.8 Å². The number of amides is 1. The number of rotatable bonds is 6. The van der Waals surface area contributed by atoms with E-state index in [1.807, 2.05) is 0 Å². The molecule has 0 bridgehead atoms. The zero-order chi connectivity index (χ0) is 13.8. The molecule has 17 heavy (non-hydrogen) atoms. The van der Waals surface area contributed by atoms with E-state index in [4.69, 9.17) is 0 Å². The Kier molecular flexibility index (Phi) is 6.22. The van der Waals surface area contributed by atoms with Gasteiger partial charge in [-0.25, -0.2) is 0 Å². The smallest absolute Gasteiger partial charge is 0.226 e. The van der Waals surface area contributed by atoms with E-state index in [1.165, 1.54) is 0 Å². The fourth-order valence-corrected chi connectivity index (χ4v) is 2.34. The van der Waals surface area contributed by atoms with Crippen molar-refractivity contribution < 1.29 is 4.79 Å². The SMILES string of the molecule is CC(C)CC(C)NC(=O)C(C)(C(C)C)C(C)C. The summed E-state index contributed by atoms with van der Waals surface area (Å²) in [5.74, 6) is 1.54. The summed E-state index contributed by atoms with van der Waals surface area (Å²) < 4.78 is 0. The quantitative estimate of drug-likeness (QED) is 0.752. The van der Waals surface area contributed by atoms with Gasteiger partial charge < -0.3 is 5.32 Å². The standard InChI is InChI=1S/C15H31NO/c1-10(2)9-13(7)16-14(17)15(8,11(3)4)12(5)6/h10-13H,9H2,1-8H3,(H,16,17). The van der Waals surface area contributed by atoms with E-state index in [0.717, 1.165) is 6.42 Å². The van der Waals surface area contributed by atoms with Crippen LogP contribution in [0.2, 0.25) is 0 Å². The highest BCUT2D eigenvalue weighted by Crippen LogP contribution is 2.35. The lowest BCUT2D eigenvalue weighted by Crippen LogP contribution is -2.48. The minimum absolute atomic E-state index is 0.204. The number of nitrogens with one attached hydrogen (secondary N) is 1. The van der Waals surface area contributed by atoms with Crippen LogP contribution >= 0.6 is 0 Å². The van der Waals surface area contributed by atoms with Crippen molar-refractivity contribution in [3.8, 4) is 0 Å². The maximum atomic E-state index is 12.4. The Morgan fingerprint density at radius 2 is 1.41 bits per heavy atom. The zero-order valence-electron chi connectivity index (χ0n) is 12.9. The second-order valence-corrected chi connectivity index (χ2v) is 6.60. The summed E-state index contributed by atoms with van der Waals surface area (Å²) in [5.41, 5.74) is -0.273. The summed E-state index contributed by atoms with van der Waals surface area (Å²) >= 11 is 0. The molecule has 0 aliphatic carbocycles. The van der Waals surface area contributed by atoms with Crippen LogP contribution in [0.15, 0.2) is 0 Å². The van der Waals surface area contributed by atoms with Gasteiger partial charge in [0.15, 0.2) is 0 Å². The van der Waals surface area contributed by atoms with Crippen LogP contribution in [0, 0.1) is 23.2 Å². The Morgan fingerprint density at radius 1 is 1.00 bits per heavy atom. The summed E-state index contributed by atoms with van der Waals surface area (Å²) in [6, 6.07) is 0.263. The van der Waals surface area contributed by atoms with Crippen molar-refractivity contribution in [1.29, 1.82) is 0 Å². The molecule has 0 aromatic heterocycles. The average molecular weight is 241 g/mol. The lowest BCUT2D eigenvalue weighted by atomic mass is 9.69. The molecule has 1 unspecified atom stereocenters. The largest absolute Gasteiger partial charge is 0.353 e. The molecule has 0 rings (SSSR count). The van der Waals surface area contributed by atoms with Crippen LogP contribution in [-0.4, -0.2) is 11.9 Å². The predicted octanol–water partition coefficient (Wildman–Crippen LogP) is 3.86. The summed E-state index contributed by atoms with van der Waals surface area (Å²) in [6.07, 6.45) is 1.04. The molecule has 1 atom stereocenters. The van der Waals surface area contributed by atoms with E-state index < -0.39 is 0 Å². The molecule has 2 nitrogen and oxygen atoms in total. The minimum Gasteiger partial charge on any atom is -0.353 e. The van der Waals surface area contributed by atoms with Crippen molar-refractivity contribution >= 4 is 5.91 Å². The Labute approximate surface area is 108 Å². The average Bonchev–Trinajstić information content (AvgIpc) is 2.13. The molecule has 0 aromatic rings. The third-order valence-corrected chi connectivity index (χ3v) is 4.09. The fraction of sp³-hybridized carbons (Fsp3) is 0.933. The lowest BCUT2D eigenvalue weighted by Gasteiger charge is -2.37. The van der Waals surface area contributed by atoms with Gasteiger partial charge in [0, 0.05) is 6.04 Å². The van der Waals surface area contributed by atoms with Crippen LogP contribution in [0.3, 0.4) is 0 Å². The monoisotopic (exact) mass is 241 g/mol. The van der Waals surface area contributed by atoms with E-state index in [1.54, 1.807) is 0 Å². The highest BCUT2D eigenvalue weighted by molar-refractivity contribution is 5.83. The van der Waals surface area contributed by atoms with Crippen LogP contribution in [0.5, 0.6) is 0 Å². The second kappa shape index (κ2) is 6.42. The third-order valence-electron chi connectivity index (χ3n) is 4.09. The summed E-state index contributed by atoms with van der Waals surface area (Å²) in [5, 5.41) is 3.18. The van der Waals surface area contributed by atoms with Crippen molar-refractivity contribution in [2.75, 3.05) is 0 Å². The van der Waals surface area contributed by atoms with Gasteiger partial charge in [-0.15, -0.1) is 0 Å². The molecule has 0 saturated carbocycles. The molecule has 1 N–H and O–H groups in total. The number of hydrogen-bond donors (Lipinski definition) is 1. The van der Waals surface area contributed by atoms with Gasteiger partial charge in [-0.1, -0.05) is 48.5 Å². The van der Waals surface area contributed by atoms with Crippen LogP contribution in [0.4, 0.5) is 0 Å². The highest BCUT2D eigenvalue weighted by Gasteiger charge is 2.39. The second-order valence-electron chi connectivity index (χ2n) is 6.60. The maximum Gasteiger partial charge on any atom is 0.226 e. The van der Waals surface area contributed by atoms with Crippen LogP contribution < -0.4 is 5.32 Å². The Morgan fingerprint density at radius 3 is 1.71 bits per heavy atom.